The molecule has 0 aliphatic rings. The number of fused-ring (bicyclic) bond motifs is 2. The monoisotopic (exact) mass is 241 g/mol. The number of pyridine rings is 1. The normalized spacial score (nSPS) is 11.2. The first-order valence-electron chi connectivity index (χ1n) is 5.76. The molecule has 0 atom stereocenters. The van der Waals surface area contributed by atoms with E-state index in [0.29, 0.717) is 0 Å². The van der Waals surface area contributed by atoms with Crippen molar-refractivity contribution < 1.29 is 0 Å². The highest BCUT2D eigenvalue weighted by Crippen LogP contribution is 2.30. The van der Waals surface area contributed by atoms with Crippen LogP contribution in [0.4, 0.5) is 0 Å². The molecule has 0 bridgehead atoms. The van der Waals surface area contributed by atoms with E-state index in [1.807, 2.05) is 30.3 Å². The fraction of sp³-hybridized carbons (Fsp3) is 0.133. The molecule has 3 rings (SSSR count). The van der Waals surface area contributed by atoms with Crippen molar-refractivity contribution in [2.75, 3.05) is 0 Å². The summed E-state index contributed by atoms with van der Waals surface area (Å²) < 4.78 is 0. The highest BCUT2D eigenvalue weighted by atomic mass is 35.5. The van der Waals surface area contributed by atoms with Crippen molar-refractivity contribution in [1.29, 1.82) is 0 Å². The molecule has 1 aromatic heterocycles. The molecule has 0 aliphatic heterocycles. The Morgan fingerprint density at radius 2 is 1.76 bits per heavy atom. The van der Waals surface area contributed by atoms with Crippen LogP contribution in [-0.4, -0.2) is 4.98 Å². The maximum atomic E-state index is 6.46. The van der Waals surface area contributed by atoms with E-state index in [9.17, 15) is 0 Å². The Balaban J connectivity index is 2.46. The van der Waals surface area contributed by atoms with E-state index in [1.54, 1.807) is 0 Å². The van der Waals surface area contributed by atoms with Gasteiger partial charge in [-0.15, -0.1) is 0 Å². The molecule has 0 saturated heterocycles. The maximum absolute atomic E-state index is 6.46. The van der Waals surface area contributed by atoms with Crippen molar-refractivity contribution in [1.82, 2.24) is 4.98 Å². The van der Waals surface area contributed by atoms with E-state index in [0.717, 1.165) is 33.2 Å². The minimum atomic E-state index is 0.806. The number of aromatic nitrogens is 1. The number of halogens is 1. The van der Waals surface area contributed by atoms with Crippen LogP contribution in [0.1, 0.15) is 12.5 Å². The third kappa shape index (κ3) is 1.67. The summed E-state index contributed by atoms with van der Waals surface area (Å²) >= 11 is 6.46. The summed E-state index contributed by atoms with van der Waals surface area (Å²) in [6, 6.07) is 14.3. The molecule has 0 unspecified atom stereocenters. The maximum Gasteiger partial charge on any atom is 0.0724 e. The average Bonchev–Trinajstić information content (AvgIpc) is 2.39. The predicted molar refractivity (Wildman–Crippen MR) is 73.6 cm³/mol. The molecule has 2 heteroatoms. The Morgan fingerprint density at radius 3 is 2.59 bits per heavy atom. The molecule has 1 nitrogen and oxygen atoms in total. The largest absolute Gasteiger partial charge is 0.248 e. The lowest BCUT2D eigenvalue weighted by molar-refractivity contribution is 1.15. The highest BCUT2D eigenvalue weighted by molar-refractivity contribution is 6.40. The summed E-state index contributed by atoms with van der Waals surface area (Å²) in [6.07, 6.45) is 1.01. The molecule has 0 N–H and O–H groups in total. The Kier molecular flexibility index (Phi) is 2.49. The molecule has 3 aromatic rings. The van der Waals surface area contributed by atoms with Gasteiger partial charge in [-0.3, -0.25) is 0 Å². The number of aryl methyl sites for hydroxylation is 1. The van der Waals surface area contributed by atoms with Crippen LogP contribution in [0.2, 0.25) is 5.02 Å². The number of hydrogen-bond donors (Lipinski definition) is 0. The number of nitrogens with zero attached hydrogens (tertiary/aromatic N) is 1. The van der Waals surface area contributed by atoms with Crippen LogP contribution in [0, 0.1) is 0 Å². The minimum absolute atomic E-state index is 0.806. The third-order valence-corrected chi connectivity index (χ3v) is 3.49. The molecule has 1 heterocycles. The van der Waals surface area contributed by atoms with Crippen LogP contribution in [0.15, 0.2) is 42.5 Å². The Morgan fingerprint density at radius 1 is 1.00 bits per heavy atom. The zero-order valence-corrected chi connectivity index (χ0v) is 10.3. The summed E-state index contributed by atoms with van der Waals surface area (Å²) in [6.45, 7) is 2.14. The second-order valence-corrected chi connectivity index (χ2v) is 4.53. The topological polar surface area (TPSA) is 12.9 Å². The molecule has 0 fully saturated rings. The molecule has 0 spiro atoms. The van der Waals surface area contributed by atoms with Crippen LogP contribution < -0.4 is 0 Å². The van der Waals surface area contributed by atoms with Crippen molar-refractivity contribution in [2.24, 2.45) is 0 Å². The first-order chi connectivity index (χ1) is 8.29. The van der Waals surface area contributed by atoms with Gasteiger partial charge in [0.25, 0.3) is 0 Å². The number of benzene rings is 2. The van der Waals surface area contributed by atoms with Crippen LogP contribution in [0.3, 0.4) is 0 Å². The van der Waals surface area contributed by atoms with E-state index in [1.165, 1.54) is 5.56 Å². The highest BCUT2D eigenvalue weighted by Gasteiger charge is 2.06. The van der Waals surface area contributed by atoms with E-state index >= 15 is 0 Å². The summed E-state index contributed by atoms with van der Waals surface area (Å²) in [5.41, 5.74) is 3.21. The van der Waals surface area contributed by atoms with Gasteiger partial charge < -0.3 is 0 Å². The molecular formula is C15H12ClN. The Labute approximate surface area is 105 Å². The van der Waals surface area contributed by atoms with Gasteiger partial charge in [0.05, 0.1) is 16.1 Å². The number of hydrogen-bond acceptors (Lipinski definition) is 1. The van der Waals surface area contributed by atoms with Gasteiger partial charge in [-0.1, -0.05) is 42.8 Å². The molecule has 0 saturated carbocycles. The summed E-state index contributed by atoms with van der Waals surface area (Å²) in [5, 5.41) is 2.88. The smallest absolute Gasteiger partial charge is 0.0724 e. The van der Waals surface area contributed by atoms with Crippen molar-refractivity contribution in [3.05, 3.63) is 53.1 Å². The second kappa shape index (κ2) is 4.01. The molecule has 84 valence electrons. The SMILES string of the molecule is CCc1ccc2nc3ccccc3c(Cl)c2c1. The van der Waals surface area contributed by atoms with Gasteiger partial charge in [-0.2, -0.15) is 0 Å². The number of rotatable bonds is 1. The van der Waals surface area contributed by atoms with Crippen LogP contribution >= 0.6 is 11.6 Å². The lowest BCUT2D eigenvalue weighted by atomic mass is 10.1. The van der Waals surface area contributed by atoms with E-state index < -0.39 is 0 Å². The molecule has 17 heavy (non-hydrogen) atoms. The fourth-order valence-electron chi connectivity index (χ4n) is 2.11. The second-order valence-electron chi connectivity index (χ2n) is 4.15. The standard InChI is InChI=1S/C15H12ClN/c1-2-10-7-8-14-12(9-10)15(16)11-5-3-4-6-13(11)17-14/h3-9H,2H2,1H3. The van der Waals surface area contributed by atoms with Crippen LogP contribution in [0.5, 0.6) is 0 Å². The molecule has 0 aliphatic carbocycles. The first-order valence-corrected chi connectivity index (χ1v) is 6.14. The van der Waals surface area contributed by atoms with E-state index in [-0.39, 0.29) is 0 Å². The third-order valence-electron chi connectivity index (χ3n) is 3.09. The quantitative estimate of drug-likeness (QED) is 0.567. The van der Waals surface area contributed by atoms with Gasteiger partial charge in [0.2, 0.25) is 0 Å². The summed E-state index contributed by atoms with van der Waals surface area (Å²) in [4.78, 5) is 4.63. The van der Waals surface area contributed by atoms with Gasteiger partial charge in [0.1, 0.15) is 0 Å². The van der Waals surface area contributed by atoms with Gasteiger partial charge in [0, 0.05) is 10.8 Å². The minimum Gasteiger partial charge on any atom is -0.248 e. The van der Waals surface area contributed by atoms with Crippen molar-refractivity contribution in [3.8, 4) is 0 Å². The molecule has 2 aromatic carbocycles. The Bertz CT molecular complexity index is 704. The first kappa shape index (κ1) is 10.5. The molecule has 0 amide bonds. The van der Waals surface area contributed by atoms with Crippen LogP contribution in [0.25, 0.3) is 21.8 Å². The van der Waals surface area contributed by atoms with Crippen molar-refractivity contribution >= 4 is 33.4 Å². The lowest BCUT2D eigenvalue weighted by Gasteiger charge is -2.06. The zero-order chi connectivity index (χ0) is 11.8. The number of para-hydroxylation sites is 1. The molecule has 0 radical (unpaired) electrons. The van der Waals surface area contributed by atoms with Gasteiger partial charge >= 0.3 is 0 Å². The zero-order valence-electron chi connectivity index (χ0n) is 9.57. The average molecular weight is 242 g/mol. The van der Waals surface area contributed by atoms with Crippen molar-refractivity contribution in [3.63, 3.8) is 0 Å². The fourth-order valence-corrected chi connectivity index (χ4v) is 2.42. The molecular weight excluding hydrogens is 230 g/mol. The van der Waals surface area contributed by atoms with E-state index in [2.05, 4.69) is 24.0 Å². The van der Waals surface area contributed by atoms with Crippen molar-refractivity contribution in [2.45, 2.75) is 13.3 Å². The summed E-state index contributed by atoms with van der Waals surface area (Å²) in [7, 11) is 0. The predicted octanol–water partition coefficient (Wildman–Crippen LogP) is 4.60. The van der Waals surface area contributed by atoms with Gasteiger partial charge in [-0.05, 0) is 30.2 Å². The van der Waals surface area contributed by atoms with Crippen LogP contribution in [-0.2, 0) is 6.42 Å². The van der Waals surface area contributed by atoms with Gasteiger partial charge in [0.15, 0.2) is 0 Å². The van der Waals surface area contributed by atoms with E-state index in [4.69, 9.17) is 11.6 Å². The lowest BCUT2D eigenvalue weighted by Crippen LogP contribution is -1.87. The van der Waals surface area contributed by atoms with Gasteiger partial charge in [-0.25, -0.2) is 4.98 Å². The Hall–Kier alpha value is -1.60. The summed E-state index contributed by atoms with van der Waals surface area (Å²) in [5.74, 6) is 0.